The summed E-state index contributed by atoms with van der Waals surface area (Å²) in [6.07, 6.45) is -12.1. The van der Waals surface area contributed by atoms with Crippen molar-refractivity contribution in [1.29, 1.82) is 0 Å². The molecule has 4 aromatic rings. The van der Waals surface area contributed by atoms with Crippen LogP contribution >= 0.6 is 0 Å². The van der Waals surface area contributed by atoms with Crippen molar-refractivity contribution in [3.05, 3.63) is 166 Å². The lowest BCUT2D eigenvalue weighted by molar-refractivity contribution is -0.345. The first kappa shape index (κ1) is 94.3. The van der Waals surface area contributed by atoms with Crippen molar-refractivity contribution in [2.45, 2.75) is 299 Å². The van der Waals surface area contributed by atoms with E-state index >= 15 is 8.78 Å². The molecule has 2 aromatic carbocycles. The zero-order valence-electron chi connectivity index (χ0n) is 75.5. The number of esters is 6. The quantitative estimate of drug-likeness (QED) is 0.0246. The minimum atomic E-state index is -2.26. The molecular weight excluding hydrogens is 1680 g/mol. The third kappa shape index (κ3) is 16.9. The Hall–Kier alpha value is -9.30. The number of ether oxygens (including phenoxy) is 14. The fourth-order valence-electron chi connectivity index (χ4n) is 22.9. The van der Waals surface area contributed by atoms with Gasteiger partial charge in [-0.15, -0.1) is 0 Å². The molecule has 12 aliphatic rings. The number of amides is 2. The van der Waals surface area contributed by atoms with Gasteiger partial charge in [0.15, 0.2) is 36.0 Å². The van der Waals surface area contributed by atoms with E-state index in [9.17, 15) is 63.9 Å². The molecule has 2 aromatic heterocycles. The van der Waals surface area contributed by atoms with Gasteiger partial charge in [-0.1, -0.05) is 84.5 Å². The van der Waals surface area contributed by atoms with Gasteiger partial charge in [0, 0.05) is 80.4 Å². The first-order valence-corrected chi connectivity index (χ1v) is 44.2. The van der Waals surface area contributed by atoms with E-state index in [2.05, 4.69) is 32.1 Å². The van der Waals surface area contributed by atoms with Crippen LogP contribution in [0.5, 0.6) is 0 Å². The van der Waals surface area contributed by atoms with Crippen LogP contribution in [-0.4, -0.2) is 246 Å². The Balaban J connectivity index is 0.000000199. The van der Waals surface area contributed by atoms with Gasteiger partial charge in [-0.2, -0.15) is 0 Å². The van der Waals surface area contributed by atoms with Gasteiger partial charge < -0.3 is 102 Å². The van der Waals surface area contributed by atoms with Gasteiger partial charge in [-0.05, 0) is 177 Å². The summed E-state index contributed by atoms with van der Waals surface area (Å²) in [5, 5.41) is 67.2. The molecule has 5 aliphatic heterocycles. The summed E-state index contributed by atoms with van der Waals surface area (Å²) in [5.41, 5.74) is -13.4. The fourth-order valence-corrected chi connectivity index (χ4v) is 22.9. The summed E-state index contributed by atoms with van der Waals surface area (Å²) in [4.78, 5) is 120. The average molecular weight is 1800 g/mol. The standard InChI is InChI=1S/C50H64FN3O14.C45H55FN2O13/c1-26-31(63-43(58)37(56)36(35-30(51)15-12-20-52-35)53-44(59)68-45(3,4)5)21-50(61)41(66-42(57)28-13-10-9-11-14-28)39-47(8,19-18-32-49(39,25-62-32)67-27(2)55)40-38(34(26)46(50,6)7)64-33(65-40)22-54-23-48(60,24-54)29-16-17-29;1-10-29-57-34-30-23(2)27(56-39(52)33(50)32(31-26(46)17-14-20-47-31)48-40(53)61-41(4,5)6)21-45(54,42(30,7)8)37(59-38(51)25-15-12-11-13-16-25)35-43(9,36(34)58-29)19-18-28-44(35,22-55-28)60-24(3)49/h9-15,20,29,31-33,36-41,56,60-61H,16-19,21-25H2,1-8H3,(H,53,59);10-17,20,27-29,32-37,50,54H,1,18-19,21-22H2,2-9H3,(H,48,53)/t31-,32+,33+,36-,37+,38+,39-,40+,41-,47+,49-,50+;27-,28+,29+,32-,33+,34+,35-,36+,37-,43+,44-,45+/m00/s1. The summed E-state index contributed by atoms with van der Waals surface area (Å²) in [6.45, 7) is 31.7. The van der Waals surface area contributed by atoms with E-state index in [1.54, 1.807) is 144 Å². The van der Waals surface area contributed by atoms with E-state index in [-0.39, 0.29) is 30.3 Å². The van der Waals surface area contributed by atoms with Crippen LogP contribution in [0.4, 0.5) is 18.4 Å². The molecule has 24 atom stereocenters. The second kappa shape index (κ2) is 34.4. The van der Waals surface area contributed by atoms with Crippen LogP contribution in [0.15, 0.2) is 132 Å². The van der Waals surface area contributed by atoms with E-state index < -0.39 is 254 Å². The number of aromatic nitrogens is 2. The second-order valence-corrected chi connectivity index (χ2v) is 40.4. The first-order valence-electron chi connectivity index (χ1n) is 44.2. The van der Waals surface area contributed by atoms with Crippen molar-refractivity contribution in [2.24, 2.45) is 39.4 Å². The summed E-state index contributed by atoms with van der Waals surface area (Å²) in [5.74, 6) is -8.98. The monoisotopic (exact) mass is 1800 g/mol. The lowest BCUT2D eigenvalue weighted by Gasteiger charge is -2.68. The predicted molar refractivity (Wildman–Crippen MR) is 449 cm³/mol. The van der Waals surface area contributed by atoms with Gasteiger partial charge in [-0.25, -0.2) is 37.5 Å². The normalized spacial score (nSPS) is 35.1. The van der Waals surface area contributed by atoms with Crippen LogP contribution in [0.2, 0.25) is 0 Å². The highest BCUT2D eigenvalue weighted by Gasteiger charge is 2.80. The minimum Gasteiger partial charge on any atom is -0.456 e. The van der Waals surface area contributed by atoms with Crippen LogP contribution in [0, 0.1) is 51.0 Å². The number of aliphatic hydroxyl groups is 5. The molecule has 700 valence electrons. The van der Waals surface area contributed by atoms with Crippen molar-refractivity contribution in [1.82, 2.24) is 25.5 Å². The number of benzene rings is 2. The molecule has 10 fully saturated rings. The smallest absolute Gasteiger partial charge is 0.408 e. The topological polar surface area (TPSA) is 420 Å². The van der Waals surface area contributed by atoms with E-state index in [1.165, 1.54) is 44.4 Å². The Labute approximate surface area is 747 Å². The highest BCUT2D eigenvalue weighted by atomic mass is 19.1. The number of β-amino-alcohol motifs (C(OH)–C–C–N with tert-alkyl or cyclic N) is 1. The number of nitrogens with one attached hydrogen (secondary N) is 2. The maximum absolute atomic E-state index is 15.4. The molecule has 5 saturated heterocycles. The summed E-state index contributed by atoms with van der Waals surface area (Å²) in [6, 6.07) is 17.7. The Morgan fingerprint density at radius 3 is 1.33 bits per heavy atom. The zero-order chi connectivity index (χ0) is 93.4. The van der Waals surface area contributed by atoms with Crippen molar-refractivity contribution >= 4 is 48.0 Å². The maximum atomic E-state index is 15.4. The van der Waals surface area contributed by atoms with Crippen LogP contribution in [-0.2, 0) is 85.5 Å². The highest BCUT2D eigenvalue weighted by molar-refractivity contribution is 5.90. The molecule has 7 heterocycles. The molecule has 4 bridgehead atoms. The number of rotatable bonds is 20. The third-order valence-electron chi connectivity index (χ3n) is 29.1. The van der Waals surface area contributed by atoms with E-state index in [4.69, 9.17) is 66.3 Å². The van der Waals surface area contributed by atoms with Crippen molar-refractivity contribution in [3.63, 3.8) is 0 Å². The molecule has 5 saturated carbocycles. The van der Waals surface area contributed by atoms with Gasteiger partial charge in [0.25, 0.3) is 0 Å². The summed E-state index contributed by atoms with van der Waals surface area (Å²) >= 11 is 0. The summed E-state index contributed by atoms with van der Waals surface area (Å²) < 4.78 is 119. The molecule has 7 N–H and O–H groups in total. The van der Waals surface area contributed by atoms with Crippen LogP contribution < -0.4 is 10.6 Å². The predicted octanol–water partition coefficient (Wildman–Crippen LogP) is 9.65. The lowest BCUT2D eigenvalue weighted by atomic mass is 9.45. The van der Waals surface area contributed by atoms with E-state index in [0.717, 1.165) is 25.0 Å². The number of hydrogen-bond donors (Lipinski definition) is 7. The minimum absolute atomic E-state index is 0.0705. The third-order valence-corrected chi connectivity index (χ3v) is 29.1. The van der Waals surface area contributed by atoms with Crippen LogP contribution in [0.25, 0.3) is 0 Å². The van der Waals surface area contributed by atoms with E-state index in [0.29, 0.717) is 67.6 Å². The Morgan fingerprint density at radius 2 is 0.969 bits per heavy atom. The van der Waals surface area contributed by atoms with Crippen molar-refractivity contribution in [2.75, 3.05) is 32.8 Å². The van der Waals surface area contributed by atoms with Crippen molar-refractivity contribution < 1.29 is 139 Å². The van der Waals surface area contributed by atoms with Crippen LogP contribution in [0.1, 0.15) is 206 Å². The molecule has 34 heteroatoms. The highest BCUT2D eigenvalue weighted by Crippen LogP contribution is 2.70. The molecule has 32 nitrogen and oxygen atoms in total. The molecule has 0 radical (unpaired) electrons. The van der Waals surface area contributed by atoms with Crippen molar-refractivity contribution in [3.8, 4) is 0 Å². The fraction of sp³-hybridized carbons (Fsp3) is 0.621. The Kier molecular flexibility index (Phi) is 25.1. The zero-order valence-corrected chi connectivity index (χ0v) is 75.5. The first-order chi connectivity index (χ1) is 60.5. The van der Waals surface area contributed by atoms with Gasteiger partial charge in [0.1, 0.15) is 106 Å². The number of halogens is 2. The van der Waals surface area contributed by atoms with Gasteiger partial charge in [0.2, 0.25) is 0 Å². The average Bonchev–Trinajstić information content (AvgIpc) is 1.65. The molecule has 0 unspecified atom stereocenters. The number of fused-ring (bicyclic) bond motifs is 16. The number of aliphatic hydroxyl groups excluding tert-OH is 2. The number of alkyl carbamates (subject to hydrolysis) is 2. The number of pyridine rings is 2. The number of hydrogen-bond acceptors (Lipinski definition) is 30. The molecule has 0 spiro atoms. The van der Waals surface area contributed by atoms with Gasteiger partial charge >= 0.3 is 48.0 Å². The summed E-state index contributed by atoms with van der Waals surface area (Å²) in [7, 11) is 0. The number of likely N-dealkylation sites (tertiary alicyclic amines) is 1. The number of nitrogens with zero attached hydrogens (tertiary/aromatic N) is 3. The Morgan fingerprint density at radius 1 is 0.566 bits per heavy atom. The Bertz CT molecular complexity index is 5070. The van der Waals surface area contributed by atoms with Gasteiger partial charge in [-0.3, -0.25) is 24.5 Å². The van der Waals surface area contributed by atoms with E-state index in [1.807, 2.05) is 13.8 Å². The lowest BCUT2D eigenvalue weighted by Crippen LogP contribution is -2.79. The number of carbonyl (C=O) groups is 8. The SMILES string of the molecule is C=C[C@@H]1O[C@@H]2C3=C(C)[C@@H](OC(=O)[C@H](O)[C@@H](NC(=O)OC(C)(C)C)c4ncccc4F)C[C@@](O)([C@@H](OC(=O)c4ccccc4)[C@H]4[C@@](C)(CC[C@H]5OC[C@]54OC(C)=O)[C@@H]2O1)C3(C)C.CC(=O)O[C@@]12CO[C@@H]1CC[C@@]1(C)[C@@H]3O[C@H](CN4CC(O)(C5CC5)C4)O[C@@H]3C3=C(C)[C@@H](OC(=O)[C@H](O)[C@@H](NC(=O)OC(C)(C)C)c4ncccc4F)C[C@@](O)([C@@H](OC(=O)c4ccccc4)[C@@H]12)C3(C)C. The second-order valence-electron chi connectivity index (χ2n) is 40.4. The maximum Gasteiger partial charge on any atom is 0.408 e. The largest absolute Gasteiger partial charge is 0.456 e. The molecule has 16 rings (SSSR count). The molecular formula is C95H119F2N5O27. The number of carbonyl (C=O) groups excluding carboxylic acids is 8. The van der Waals surface area contributed by atoms with Crippen LogP contribution in [0.3, 0.4) is 0 Å². The molecule has 7 aliphatic carbocycles. The molecule has 2 amide bonds. The molecule has 129 heavy (non-hydrogen) atoms. The van der Waals surface area contributed by atoms with Gasteiger partial charge in [0.05, 0.1) is 54.0 Å².